The molecule has 116 valence electrons. The van der Waals surface area contributed by atoms with E-state index in [4.69, 9.17) is 0 Å². The zero-order valence-corrected chi connectivity index (χ0v) is 13.9. The minimum atomic E-state index is -0.169. The van der Waals surface area contributed by atoms with Gasteiger partial charge in [0, 0.05) is 6.08 Å². The van der Waals surface area contributed by atoms with E-state index < -0.39 is 0 Å². The SMILES string of the molecule is CC(C)c1ccc2nc(NC(=O)/C=C/c3ccccc3)sc2c1. The summed E-state index contributed by atoms with van der Waals surface area (Å²) in [5.74, 6) is 0.310. The van der Waals surface area contributed by atoms with Gasteiger partial charge in [0.2, 0.25) is 5.91 Å². The molecule has 0 fully saturated rings. The highest BCUT2D eigenvalue weighted by Gasteiger charge is 2.08. The van der Waals surface area contributed by atoms with Crippen molar-refractivity contribution in [3.8, 4) is 0 Å². The summed E-state index contributed by atoms with van der Waals surface area (Å²) < 4.78 is 1.10. The number of benzene rings is 2. The summed E-state index contributed by atoms with van der Waals surface area (Å²) in [4.78, 5) is 16.5. The monoisotopic (exact) mass is 322 g/mol. The van der Waals surface area contributed by atoms with Crippen molar-refractivity contribution in [2.45, 2.75) is 19.8 Å². The zero-order chi connectivity index (χ0) is 16.2. The third-order valence-electron chi connectivity index (χ3n) is 3.54. The van der Waals surface area contributed by atoms with Crippen LogP contribution in [0.15, 0.2) is 54.6 Å². The van der Waals surface area contributed by atoms with Crippen molar-refractivity contribution in [3.05, 3.63) is 65.7 Å². The van der Waals surface area contributed by atoms with E-state index in [-0.39, 0.29) is 5.91 Å². The summed E-state index contributed by atoms with van der Waals surface area (Å²) in [7, 11) is 0. The first kappa shape index (κ1) is 15.4. The van der Waals surface area contributed by atoms with Crippen LogP contribution in [0.5, 0.6) is 0 Å². The largest absolute Gasteiger partial charge is 0.298 e. The molecule has 0 aliphatic rings. The number of rotatable bonds is 4. The first-order chi connectivity index (χ1) is 11.1. The number of amides is 1. The molecular formula is C19H18N2OS. The van der Waals surface area contributed by atoms with Crippen LogP contribution in [-0.4, -0.2) is 10.9 Å². The molecule has 0 atom stereocenters. The summed E-state index contributed by atoms with van der Waals surface area (Å²) >= 11 is 1.50. The van der Waals surface area contributed by atoms with Crippen LogP contribution in [0.2, 0.25) is 0 Å². The van der Waals surface area contributed by atoms with E-state index in [0.717, 1.165) is 15.8 Å². The average molecular weight is 322 g/mol. The molecule has 3 aromatic rings. The Hall–Kier alpha value is -2.46. The summed E-state index contributed by atoms with van der Waals surface area (Å²) in [6, 6.07) is 16.0. The Morgan fingerprint density at radius 1 is 1.17 bits per heavy atom. The van der Waals surface area contributed by atoms with E-state index in [0.29, 0.717) is 11.0 Å². The fourth-order valence-corrected chi connectivity index (χ4v) is 3.15. The lowest BCUT2D eigenvalue weighted by Gasteiger charge is -2.03. The fraction of sp³-hybridized carbons (Fsp3) is 0.158. The van der Waals surface area contributed by atoms with Crippen molar-refractivity contribution in [2.24, 2.45) is 0 Å². The number of nitrogens with zero attached hydrogens (tertiary/aromatic N) is 1. The predicted molar refractivity (Wildman–Crippen MR) is 97.8 cm³/mol. The third-order valence-corrected chi connectivity index (χ3v) is 4.47. The van der Waals surface area contributed by atoms with Crippen molar-refractivity contribution >= 4 is 38.7 Å². The lowest BCUT2D eigenvalue weighted by molar-refractivity contribution is -0.111. The van der Waals surface area contributed by atoms with Crippen molar-refractivity contribution in [3.63, 3.8) is 0 Å². The van der Waals surface area contributed by atoms with Gasteiger partial charge >= 0.3 is 0 Å². The normalized spacial score (nSPS) is 11.4. The van der Waals surface area contributed by atoms with Gasteiger partial charge in [0.15, 0.2) is 5.13 Å². The van der Waals surface area contributed by atoms with Crippen molar-refractivity contribution < 1.29 is 4.79 Å². The van der Waals surface area contributed by atoms with Gasteiger partial charge in [0.05, 0.1) is 10.2 Å². The minimum Gasteiger partial charge on any atom is -0.298 e. The molecule has 1 N–H and O–H groups in total. The molecule has 1 amide bonds. The van der Waals surface area contributed by atoms with Gasteiger partial charge in [0.1, 0.15) is 0 Å². The van der Waals surface area contributed by atoms with E-state index in [1.165, 1.54) is 23.0 Å². The number of nitrogens with one attached hydrogen (secondary N) is 1. The Morgan fingerprint density at radius 2 is 1.96 bits per heavy atom. The summed E-state index contributed by atoms with van der Waals surface area (Å²) in [5.41, 5.74) is 3.19. The van der Waals surface area contributed by atoms with Gasteiger partial charge in [0.25, 0.3) is 0 Å². The van der Waals surface area contributed by atoms with Crippen LogP contribution in [0.3, 0.4) is 0 Å². The van der Waals surface area contributed by atoms with E-state index in [2.05, 4.69) is 36.3 Å². The first-order valence-electron chi connectivity index (χ1n) is 7.56. The Balaban J connectivity index is 1.73. The number of fused-ring (bicyclic) bond motifs is 1. The molecule has 3 nitrogen and oxygen atoms in total. The topological polar surface area (TPSA) is 42.0 Å². The number of anilines is 1. The molecule has 23 heavy (non-hydrogen) atoms. The summed E-state index contributed by atoms with van der Waals surface area (Å²) in [6.07, 6.45) is 3.32. The van der Waals surface area contributed by atoms with Crippen molar-refractivity contribution in [1.82, 2.24) is 4.98 Å². The van der Waals surface area contributed by atoms with Gasteiger partial charge in [-0.05, 0) is 35.3 Å². The van der Waals surface area contributed by atoms with Gasteiger partial charge in [-0.2, -0.15) is 0 Å². The van der Waals surface area contributed by atoms with Crippen LogP contribution in [0.4, 0.5) is 5.13 Å². The highest BCUT2D eigenvalue weighted by molar-refractivity contribution is 7.22. The molecule has 0 spiro atoms. The minimum absolute atomic E-state index is 0.169. The molecule has 0 saturated heterocycles. The standard InChI is InChI=1S/C19H18N2OS/c1-13(2)15-9-10-16-17(12-15)23-19(20-16)21-18(22)11-8-14-6-4-3-5-7-14/h3-13H,1-2H3,(H,20,21,22)/b11-8+. The maximum absolute atomic E-state index is 12.0. The molecule has 0 aliphatic carbocycles. The molecule has 0 radical (unpaired) electrons. The van der Waals surface area contributed by atoms with Crippen LogP contribution in [-0.2, 0) is 4.79 Å². The molecule has 0 saturated carbocycles. The Morgan fingerprint density at radius 3 is 2.70 bits per heavy atom. The van der Waals surface area contributed by atoms with Crippen molar-refractivity contribution in [2.75, 3.05) is 5.32 Å². The van der Waals surface area contributed by atoms with Crippen LogP contribution in [0, 0.1) is 0 Å². The molecule has 3 rings (SSSR count). The fourth-order valence-electron chi connectivity index (χ4n) is 2.24. The molecule has 0 bridgehead atoms. The van der Waals surface area contributed by atoms with Gasteiger partial charge < -0.3 is 0 Å². The van der Waals surface area contributed by atoms with Crippen molar-refractivity contribution in [1.29, 1.82) is 0 Å². The molecule has 0 aliphatic heterocycles. The van der Waals surface area contributed by atoms with Gasteiger partial charge in [-0.3, -0.25) is 10.1 Å². The second-order valence-electron chi connectivity index (χ2n) is 5.63. The maximum Gasteiger partial charge on any atom is 0.250 e. The Labute approximate surface area is 139 Å². The zero-order valence-electron chi connectivity index (χ0n) is 13.1. The number of hydrogen-bond acceptors (Lipinski definition) is 3. The summed E-state index contributed by atoms with van der Waals surface area (Å²) in [5, 5.41) is 3.46. The number of carbonyl (C=O) groups excluding carboxylic acids is 1. The van der Waals surface area contributed by atoms with Crippen LogP contribution in [0.1, 0.15) is 30.9 Å². The predicted octanol–water partition coefficient (Wildman–Crippen LogP) is 5.07. The van der Waals surface area contributed by atoms with E-state index in [9.17, 15) is 4.79 Å². The molecule has 2 aromatic carbocycles. The number of aromatic nitrogens is 1. The third kappa shape index (κ3) is 3.85. The molecule has 4 heteroatoms. The highest BCUT2D eigenvalue weighted by Crippen LogP contribution is 2.28. The smallest absolute Gasteiger partial charge is 0.250 e. The van der Waals surface area contributed by atoms with Gasteiger partial charge in [-0.15, -0.1) is 0 Å². The molecule has 0 unspecified atom stereocenters. The highest BCUT2D eigenvalue weighted by atomic mass is 32.1. The number of carbonyl (C=O) groups is 1. The van der Waals surface area contributed by atoms with E-state index >= 15 is 0 Å². The lowest BCUT2D eigenvalue weighted by Crippen LogP contribution is -2.07. The second-order valence-corrected chi connectivity index (χ2v) is 6.66. The number of hydrogen-bond donors (Lipinski definition) is 1. The van der Waals surface area contributed by atoms with Gasteiger partial charge in [-0.25, -0.2) is 4.98 Å². The molecule has 1 aromatic heterocycles. The number of thiazole rings is 1. The molecular weight excluding hydrogens is 304 g/mol. The van der Waals surface area contributed by atoms with Crippen LogP contribution >= 0.6 is 11.3 Å². The molecule has 1 heterocycles. The van der Waals surface area contributed by atoms with Gasteiger partial charge in [-0.1, -0.05) is 61.6 Å². The first-order valence-corrected chi connectivity index (χ1v) is 8.38. The van der Waals surface area contributed by atoms with E-state index in [1.807, 2.05) is 36.4 Å². The quantitative estimate of drug-likeness (QED) is 0.681. The van der Waals surface area contributed by atoms with E-state index in [1.54, 1.807) is 6.08 Å². The van der Waals surface area contributed by atoms with Crippen LogP contribution in [0.25, 0.3) is 16.3 Å². The average Bonchev–Trinajstić information content (AvgIpc) is 2.95. The Bertz CT molecular complexity index is 850. The summed E-state index contributed by atoms with van der Waals surface area (Å²) in [6.45, 7) is 4.33. The Kier molecular flexibility index (Phi) is 4.53. The van der Waals surface area contributed by atoms with Crippen LogP contribution < -0.4 is 5.32 Å². The second kappa shape index (κ2) is 6.75. The lowest BCUT2D eigenvalue weighted by atomic mass is 10.0. The maximum atomic E-state index is 12.0.